The van der Waals surface area contributed by atoms with E-state index >= 15 is 0 Å². The average Bonchev–Trinajstić information content (AvgIpc) is 3.61. The SMILES string of the molecule is Nc1nnc(-c2ccccc2O)cc1N1CCC2(CCN(c3ccnc(C#CCn4ccnc4)n3)CC2)C1. The Morgan fingerprint density at radius 2 is 1.82 bits per heavy atom. The van der Waals surface area contributed by atoms with E-state index in [-0.39, 0.29) is 11.2 Å². The second-order valence-corrected chi connectivity index (χ2v) is 9.95. The van der Waals surface area contributed by atoms with E-state index in [1.54, 1.807) is 30.9 Å². The van der Waals surface area contributed by atoms with Gasteiger partial charge in [0, 0.05) is 50.3 Å². The Hall–Kier alpha value is -4.65. The topological polar surface area (TPSA) is 122 Å². The molecule has 5 heterocycles. The zero-order chi connectivity index (χ0) is 26.0. The lowest BCUT2D eigenvalue weighted by atomic mass is 9.78. The third-order valence-electron chi connectivity index (χ3n) is 7.57. The summed E-state index contributed by atoms with van der Waals surface area (Å²) in [5, 5.41) is 18.7. The highest BCUT2D eigenvalue weighted by Gasteiger charge is 2.41. The number of imidazole rings is 1. The molecule has 10 heteroatoms. The van der Waals surface area contributed by atoms with Crippen molar-refractivity contribution in [3.8, 4) is 28.8 Å². The number of nitrogens with two attached hydrogens (primary N) is 1. The molecule has 0 unspecified atom stereocenters. The van der Waals surface area contributed by atoms with Crippen molar-refractivity contribution < 1.29 is 5.11 Å². The summed E-state index contributed by atoms with van der Waals surface area (Å²) in [6.45, 7) is 4.26. The number of anilines is 3. The molecule has 0 amide bonds. The molecule has 2 fully saturated rings. The van der Waals surface area contributed by atoms with E-state index in [1.165, 1.54) is 0 Å². The van der Waals surface area contributed by atoms with Crippen molar-refractivity contribution in [1.29, 1.82) is 0 Å². The standard InChI is InChI=1S/C28H29N9O/c29-27-23(18-22(33-34-27)21-4-1-2-5-24(21)38)37-16-10-28(19-37)8-14-36(15-9-28)26-7-11-31-25(32-26)6-3-13-35-17-12-30-20-35/h1-2,4-5,7,11-12,17-18,20,38H,8-10,13-16,19H2,(H2,29,34). The van der Waals surface area contributed by atoms with Gasteiger partial charge in [-0.25, -0.2) is 15.0 Å². The molecular weight excluding hydrogens is 478 g/mol. The van der Waals surface area contributed by atoms with Crippen LogP contribution < -0.4 is 15.5 Å². The van der Waals surface area contributed by atoms with Crippen LogP contribution in [-0.4, -0.2) is 61.0 Å². The molecule has 192 valence electrons. The third kappa shape index (κ3) is 4.83. The van der Waals surface area contributed by atoms with Gasteiger partial charge in [0.1, 0.15) is 11.6 Å². The van der Waals surface area contributed by atoms with Crippen LogP contribution in [0.2, 0.25) is 0 Å². The van der Waals surface area contributed by atoms with E-state index in [4.69, 9.17) is 10.7 Å². The first-order valence-corrected chi connectivity index (χ1v) is 12.8. The highest BCUT2D eigenvalue weighted by atomic mass is 16.3. The van der Waals surface area contributed by atoms with Gasteiger partial charge < -0.3 is 25.2 Å². The van der Waals surface area contributed by atoms with Gasteiger partial charge in [0.2, 0.25) is 5.82 Å². The first-order chi connectivity index (χ1) is 18.6. The predicted octanol–water partition coefficient (Wildman–Crippen LogP) is 2.97. The molecule has 0 bridgehead atoms. The van der Waals surface area contributed by atoms with Gasteiger partial charge in [0.05, 0.1) is 24.3 Å². The molecule has 3 N–H and O–H groups in total. The fourth-order valence-corrected chi connectivity index (χ4v) is 5.40. The van der Waals surface area contributed by atoms with Crippen molar-refractivity contribution in [1.82, 2.24) is 29.7 Å². The van der Waals surface area contributed by atoms with Crippen LogP contribution in [0.4, 0.5) is 17.3 Å². The number of hydrogen-bond donors (Lipinski definition) is 2. The molecular formula is C28H29N9O. The smallest absolute Gasteiger partial charge is 0.206 e. The molecule has 10 nitrogen and oxygen atoms in total. The van der Waals surface area contributed by atoms with E-state index in [0.29, 0.717) is 29.4 Å². The third-order valence-corrected chi connectivity index (χ3v) is 7.57. The Morgan fingerprint density at radius 1 is 1.00 bits per heavy atom. The predicted molar refractivity (Wildman–Crippen MR) is 145 cm³/mol. The number of rotatable bonds is 4. The van der Waals surface area contributed by atoms with Gasteiger partial charge in [-0.2, -0.15) is 0 Å². The largest absolute Gasteiger partial charge is 0.507 e. The van der Waals surface area contributed by atoms with Crippen molar-refractivity contribution >= 4 is 17.3 Å². The Labute approximate surface area is 221 Å². The minimum Gasteiger partial charge on any atom is -0.507 e. The minimum absolute atomic E-state index is 0.180. The molecule has 6 rings (SSSR count). The maximum atomic E-state index is 10.3. The minimum atomic E-state index is 0.180. The number of para-hydroxylation sites is 1. The molecule has 0 saturated carbocycles. The number of hydrogen-bond acceptors (Lipinski definition) is 9. The van der Waals surface area contributed by atoms with E-state index in [0.717, 1.165) is 56.9 Å². The number of aromatic nitrogens is 6. The summed E-state index contributed by atoms with van der Waals surface area (Å²) in [4.78, 5) is 17.7. The fourth-order valence-electron chi connectivity index (χ4n) is 5.40. The van der Waals surface area contributed by atoms with Gasteiger partial charge >= 0.3 is 0 Å². The number of phenols is 1. The summed E-state index contributed by atoms with van der Waals surface area (Å²) in [6.07, 6.45) is 10.4. The summed E-state index contributed by atoms with van der Waals surface area (Å²) in [5.74, 6) is 8.23. The van der Waals surface area contributed by atoms with Crippen molar-refractivity contribution in [2.24, 2.45) is 5.41 Å². The second kappa shape index (κ2) is 10.0. The number of piperidine rings is 1. The Morgan fingerprint density at radius 3 is 2.61 bits per heavy atom. The molecule has 0 atom stereocenters. The maximum absolute atomic E-state index is 10.3. The molecule has 2 aliphatic rings. The molecule has 1 aromatic carbocycles. The van der Waals surface area contributed by atoms with Crippen LogP contribution in [0.1, 0.15) is 25.1 Å². The molecule has 2 saturated heterocycles. The number of aromatic hydroxyl groups is 1. The molecule has 0 radical (unpaired) electrons. The Balaban J connectivity index is 1.11. The number of nitrogens with zero attached hydrogens (tertiary/aromatic N) is 8. The van der Waals surface area contributed by atoms with Crippen molar-refractivity contribution in [2.75, 3.05) is 41.7 Å². The lowest BCUT2D eigenvalue weighted by Gasteiger charge is -2.40. The van der Waals surface area contributed by atoms with E-state index in [1.807, 2.05) is 35.0 Å². The van der Waals surface area contributed by atoms with Crippen LogP contribution in [0, 0.1) is 17.3 Å². The van der Waals surface area contributed by atoms with Crippen LogP contribution in [0.25, 0.3) is 11.3 Å². The van der Waals surface area contributed by atoms with Crippen molar-refractivity contribution in [3.63, 3.8) is 0 Å². The highest BCUT2D eigenvalue weighted by Crippen LogP contribution is 2.44. The summed E-state index contributed by atoms with van der Waals surface area (Å²) >= 11 is 0. The monoisotopic (exact) mass is 507 g/mol. The van der Waals surface area contributed by atoms with Crippen molar-refractivity contribution in [3.05, 3.63) is 67.1 Å². The first-order valence-electron chi connectivity index (χ1n) is 12.8. The summed E-state index contributed by atoms with van der Waals surface area (Å²) in [6, 6.07) is 11.1. The normalized spacial score (nSPS) is 16.4. The number of nitrogen functional groups attached to an aromatic ring is 1. The molecule has 1 spiro atoms. The van der Waals surface area contributed by atoms with E-state index in [2.05, 4.69) is 41.8 Å². The quantitative estimate of drug-likeness (QED) is 0.401. The fraction of sp³-hybridized carbons (Fsp3) is 0.321. The van der Waals surface area contributed by atoms with Gasteiger partial charge in [0.15, 0.2) is 5.82 Å². The molecule has 4 aromatic rings. The van der Waals surface area contributed by atoms with Crippen molar-refractivity contribution in [2.45, 2.75) is 25.8 Å². The van der Waals surface area contributed by atoms with Gasteiger partial charge in [-0.3, -0.25) is 0 Å². The summed E-state index contributed by atoms with van der Waals surface area (Å²) < 4.78 is 1.91. The zero-order valence-electron chi connectivity index (χ0n) is 21.0. The Kier molecular flexibility index (Phi) is 6.25. The zero-order valence-corrected chi connectivity index (χ0v) is 21.0. The number of benzene rings is 1. The Bertz CT molecular complexity index is 1480. The second-order valence-electron chi connectivity index (χ2n) is 9.95. The first kappa shape index (κ1) is 23.7. The maximum Gasteiger partial charge on any atom is 0.206 e. The van der Waals surface area contributed by atoms with Crippen LogP contribution in [0.15, 0.2) is 61.3 Å². The van der Waals surface area contributed by atoms with Crippen LogP contribution in [-0.2, 0) is 6.54 Å². The van der Waals surface area contributed by atoms with E-state index < -0.39 is 0 Å². The van der Waals surface area contributed by atoms with Crippen LogP contribution in [0.3, 0.4) is 0 Å². The number of phenolic OH excluding ortho intramolecular Hbond substituents is 1. The highest BCUT2D eigenvalue weighted by molar-refractivity contribution is 5.74. The molecule has 0 aliphatic carbocycles. The lowest BCUT2D eigenvalue weighted by Crippen LogP contribution is -2.42. The van der Waals surface area contributed by atoms with Crippen LogP contribution in [0.5, 0.6) is 5.75 Å². The molecule has 3 aromatic heterocycles. The summed E-state index contributed by atoms with van der Waals surface area (Å²) in [7, 11) is 0. The average molecular weight is 508 g/mol. The lowest BCUT2D eigenvalue weighted by molar-refractivity contribution is 0.250. The van der Waals surface area contributed by atoms with Crippen LogP contribution >= 0.6 is 0 Å². The van der Waals surface area contributed by atoms with Gasteiger partial charge in [0.25, 0.3) is 0 Å². The summed E-state index contributed by atoms with van der Waals surface area (Å²) in [5.41, 5.74) is 8.64. The van der Waals surface area contributed by atoms with Gasteiger partial charge in [-0.1, -0.05) is 18.1 Å². The molecule has 2 aliphatic heterocycles. The molecule has 38 heavy (non-hydrogen) atoms. The van der Waals surface area contributed by atoms with Gasteiger partial charge in [-0.15, -0.1) is 10.2 Å². The van der Waals surface area contributed by atoms with E-state index in [9.17, 15) is 5.11 Å². The van der Waals surface area contributed by atoms with Gasteiger partial charge in [-0.05, 0) is 54.9 Å².